The standard InChI is InChI=1S/C11H17FN2O2S/c1-8-3-4-9(12)7-10(8)11(14-13)5-6-17(2,15)16/h3-4,7,11,14H,5-6,13H2,1-2H3. The van der Waals surface area contributed by atoms with Crippen LogP contribution in [0.5, 0.6) is 0 Å². The van der Waals surface area contributed by atoms with E-state index >= 15 is 0 Å². The average molecular weight is 260 g/mol. The predicted molar refractivity (Wildman–Crippen MR) is 65.5 cm³/mol. The third-order valence-electron chi connectivity index (χ3n) is 2.60. The van der Waals surface area contributed by atoms with Crippen molar-refractivity contribution in [1.82, 2.24) is 5.43 Å². The topological polar surface area (TPSA) is 72.2 Å². The fourth-order valence-electron chi connectivity index (χ4n) is 1.65. The Kier molecular flexibility index (Phi) is 4.62. The first-order valence-corrected chi connectivity index (χ1v) is 7.29. The van der Waals surface area contributed by atoms with Crippen LogP contribution in [0.2, 0.25) is 0 Å². The summed E-state index contributed by atoms with van der Waals surface area (Å²) in [5, 5.41) is 0. The molecule has 6 heteroatoms. The summed E-state index contributed by atoms with van der Waals surface area (Å²) in [4.78, 5) is 0. The fourth-order valence-corrected chi connectivity index (χ4v) is 2.31. The first-order chi connectivity index (χ1) is 7.83. The van der Waals surface area contributed by atoms with Gasteiger partial charge in [0.2, 0.25) is 0 Å². The monoisotopic (exact) mass is 260 g/mol. The number of hydrogen-bond donors (Lipinski definition) is 2. The van der Waals surface area contributed by atoms with E-state index in [1.807, 2.05) is 6.92 Å². The number of sulfone groups is 1. The highest BCUT2D eigenvalue weighted by Gasteiger charge is 2.15. The molecule has 0 aliphatic heterocycles. The lowest BCUT2D eigenvalue weighted by molar-refractivity contribution is 0.524. The minimum Gasteiger partial charge on any atom is -0.271 e. The molecular formula is C11H17FN2O2S. The van der Waals surface area contributed by atoms with E-state index in [0.717, 1.165) is 5.56 Å². The molecule has 0 fully saturated rings. The maximum Gasteiger partial charge on any atom is 0.147 e. The second-order valence-corrected chi connectivity index (χ2v) is 6.40. The lowest BCUT2D eigenvalue weighted by atomic mass is 10.00. The Labute approximate surface area is 101 Å². The molecule has 1 atom stereocenters. The van der Waals surface area contributed by atoms with Crippen LogP contribution >= 0.6 is 0 Å². The summed E-state index contributed by atoms with van der Waals surface area (Å²) in [6, 6.07) is 4.03. The molecule has 4 nitrogen and oxygen atoms in total. The predicted octanol–water partition coefficient (Wildman–Crippen LogP) is 1.07. The number of hydrazine groups is 1. The summed E-state index contributed by atoms with van der Waals surface area (Å²) in [7, 11) is -3.05. The van der Waals surface area contributed by atoms with Crippen molar-refractivity contribution in [3.05, 3.63) is 35.1 Å². The van der Waals surface area contributed by atoms with Crippen LogP contribution in [0.3, 0.4) is 0 Å². The van der Waals surface area contributed by atoms with Gasteiger partial charge in [0, 0.05) is 12.3 Å². The van der Waals surface area contributed by atoms with Gasteiger partial charge in [0.1, 0.15) is 15.7 Å². The molecule has 0 bridgehead atoms. The zero-order chi connectivity index (χ0) is 13.1. The zero-order valence-corrected chi connectivity index (χ0v) is 10.7. The van der Waals surface area contributed by atoms with Crippen LogP contribution in [-0.2, 0) is 9.84 Å². The van der Waals surface area contributed by atoms with E-state index in [9.17, 15) is 12.8 Å². The maximum absolute atomic E-state index is 13.1. The van der Waals surface area contributed by atoms with E-state index in [1.54, 1.807) is 6.07 Å². The molecule has 96 valence electrons. The third kappa shape index (κ3) is 4.41. The van der Waals surface area contributed by atoms with E-state index in [-0.39, 0.29) is 17.6 Å². The van der Waals surface area contributed by atoms with Crippen LogP contribution in [0.1, 0.15) is 23.6 Å². The highest BCUT2D eigenvalue weighted by atomic mass is 32.2. The quantitative estimate of drug-likeness (QED) is 0.613. The van der Waals surface area contributed by atoms with Gasteiger partial charge >= 0.3 is 0 Å². The Balaban J connectivity index is 2.90. The van der Waals surface area contributed by atoms with Crippen LogP contribution in [0, 0.1) is 12.7 Å². The van der Waals surface area contributed by atoms with Gasteiger partial charge in [0.15, 0.2) is 0 Å². The zero-order valence-electron chi connectivity index (χ0n) is 9.90. The van der Waals surface area contributed by atoms with Crippen molar-refractivity contribution in [3.63, 3.8) is 0 Å². The number of rotatable bonds is 5. The van der Waals surface area contributed by atoms with Crippen molar-refractivity contribution in [2.24, 2.45) is 5.84 Å². The Morgan fingerprint density at radius 3 is 2.65 bits per heavy atom. The minimum absolute atomic E-state index is 0.0117. The second-order valence-electron chi connectivity index (χ2n) is 4.14. The van der Waals surface area contributed by atoms with Crippen molar-refractivity contribution in [1.29, 1.82) is 0 Å². The number of aryl methyl sites for hydroxylation is 1. The third-order valence-corrected chi connectivity index (χ3v) is 3.57. The smallest absolute Gasteiger partial charge is 0.147 e. The molecule has 0 radical (unpaired) electrons. The molecule has 0 aliphatic rings. The lowest BCUT2D eigenvalue weighted by Gasteiger charge is -2.18. The molecule has 1 aromatic carbocycles. The molecule has 0 saturated carbocycles. The Bertz CT molecular complexity index is 488. The summed E-state index contributed by atoms with van der Waals surface area (Å²) >= 11 is 0. The van der Waals surface area contributed by atoms with Gasteiger partial charge in [-0.05, 0) is 36.6 Å². The number of nitrogens with two attached hydrogens (primary N) is 1. The Hall–Kier alpha value is -0.980. The van der Waals surface area contributed by atoms with Gasteiger partial charge in [-0.15, -0.1) is 0 Å². The molecular weight excluding hydrogens is 243 g/mol. The van der Waals surface area contributed by atoms with Crippen molar-refractivity contribution in [2.75, 3.05) is 12.0 Å². The largest absolute Gasteiger partial charge is 0.271 e. The lowest BCUT2D eigenvalue weighted by Crippen LogP contribution is -2.30. The van der Waals surface area contributed by atoms with Gasteiger partial charge in [-0.1, -0.05) is 6.07 Å². The van der Waals surface area contributed by atoms with E-state index in [2.05, 4.69) is 5.43 Å². The van der Waals surface area contributed by atoms with E-state index in [4.69, 9.17) is 5.84 Å². The van der Waals surface area contributed by atoms with Gasteiger partial charge in [0.25, 0.3) is 0 Å². The molecule has 0 spiro atoms. The number of nitrogens with one attached hydrogen (secondary N) is 1. The van der Waals surface area contributed by atoms with Crippen molar-refractivity contribution in [3.8, 4) is 0 Å². The Morgan fingerprint density at radius 1 is 1.47 bits per heavy atom. The van der Waals surface area contributed by atoms with Gasteiger partial charge < -0.3 is 0 Å². The first kappa shape index (κ1) is 14.1. The molecule has 1 rings (SSSR count). The van der Waals surface area contributed by atoms with E-state index in [1.165, 1.54) is 18.4 Å². The van der Waals surface area contributed by atoms with Gasteiger partial charge in [-0.3, -0.25) is 11.3 Å². The molecule has 1 unspecified atom stereocenters. The molecule has 1 aromatic rings. The summed E-state index contributed by atoms with van der Waals surface area (Å²) in [5.41, 5.74) is 4.10. The molecule has 0 aromatic heterocycles. The first-order valence-electron chi connectivity index (χ1n) is 5.23. The van der Waals surface area contributed by atoms with Crippen LogP contribution < -0.4 is 11.3 Å². The second kappa shape index (κ2) is 5.57. The van der Waals surface area contributed by atoms with E-state index < -0.39 is 9.84 Å². The average Bonchev–Trinajstić information content (AvgIpc) is 2.22. The normalized spacial score (nSPS) is 13.6. The van der Waals surface area contributed by atoms with Gasteiger partial charge in [0.05, 0.1) is 5.75 Å². The number of halogens is 1. The van der Waals surface area contributed by atoms with E-state index in [0.29, 0.717) is 12.0 Å². The summed E-state index contributed by atoms with van der Waals surface area (Å²) in [5.74, 6) is 5.04. The van der Waals surface area contributed by atoms with Crippen LogP contribution in [-0.4, -0.2) is 20.4 Å². The highest BCUT2D eigenvalue weighted by molar-refractivity contribution is 7.90. The highest BCUT2D eigenvalue weighted by Crippen LogP contribution is 2.21. The molecule has 0 saturated heterocycles. The van der Waals surface area contributed by atoms with Crippen LogP contribution in [0.25, 0.3) is 0 Å². The molecule has 0 aliphatic carbocycles. The van der Waals surface area contributed by atoms with Crippen LogP contribution in [0.15, 0.2) is 18.2 Å². The number of benzene rings is 1. The van der Waals surface area contributed by atoms with Crippen molar-refractivity contribution in [2.45, 2.75) is 19.4 Å². The van der Waals surface area contributed by atoms with Gasteiger partial charge in [-0.25, -0.2) is 12.8 Å². The van der Waals surface area contributed by atoms with Crippen LogP contribution in [0.4, 0.5) is 4.39 Å². The molecule has 0 heterocycles. The summed E-state index contributed by atoms with van der Waals surface area (Å²) < 4.78 is 35.3. The van der Waals surface area contributed by atoms with Crippen molar-refractivity contribution >= 4 is 9.84 Å². The summed E-state index contributed by atoms with van der Waals surface area (Å²) in [6.07, 6.45) is 1.48. The Morgan fingerprint density at radius 2 is 2.12 bits per heavy atom. The SMILES string of the molecule is Cc1ccc(F)cc1C(CCS(C)(=O)=O)NN. The number of hydrogen-bond acceptors (Lipinski definition) is 4. The fraction of sp³-hybridized carbons (Fsp3) is 0.455. The molecule has 0 amide bonds. The van der Waals surface area contributed by atoms with Crippen molar-refractivity contribution < 1.29 is 12.8 Å². The van der Waals surface area contributed by atoms with Gasteiger partial charge in [-0.2, -0.15) is 0 Å². The minimum atomic E-state index is -3.05. The summed E-state index contributed by atoms with van der Waals surface area (Å²) in [6.45, 7) is 1.83. The molecule has 3 N–H and O–H groups in total. The maximum atomic E-state index is 13.1. The molecule has 17 heavy (non-hydrogen) atoms.